The second-order valence-electron chi connectivity index (χ2n) is 7.97. The van der Waals surface area contributed by atoms with Gasteiger partial charge in [-0.15, -0.1) is 0 Å². The fourth-order valence-electron chi connectivity index (χ4n) is 4.26. The third-order valence-corrected chi connectivity index (χ3v) is 5.93. The monoisotopic (exact) mass is 434 g/mol. The molecule has 9 heteroatoms. The molecule has 0 aliphatic carbocycles. The van der Waals surface area contributed by atoms with Crippen LogP contribution in [-0.2, 0) is 7.05 Å². The molecule has 1 fully saturated rings. The lowest BCUT2D eigenvalue weighted by Gasteiger charge is -2.31. The first kappa shape index (κ1) is 20.2. The Balaban J connectivity index is 1.42. The first-order valence-electron chi connectivity index (χ1n) is 10.5. The van der Waals surface area contributed by atoms with E-state index in [1.165, 1.54) is 12.1 Å². The maximum Gasteiger partial charge on any atom is 0.272 e. The summed E-state index contributed by atoms with van der Waals surface area (Å²) >= 11 is 0. The molecule has 5 rings (SSSR count). The minimum atomic E-state index is -0.333. The SMILES string of the molecule is COc1ccc(F)cc1-c1ccc2nc([C@H]3CCCN(C(=O)c4ccnn4C)C3)nn2c1. The number of pyridine rings is 1. The number of piperidine rings is 1. The van der Waals surface area contributed by atoms with Gasteiger partial charge in [0.15, 0.2) is 11.5 Å². The zero-order valence-corrected chi connectivity index (χ0v) is 17.9. The average molecular weight is 434 g/mol. The number of likely N-dealkylation sites (tertiary alicyclic amines) is 1. The lowest BCUT2D eigenvalue weighted by atomic mass is 9.97. The number of halogens is 1. The molecule has 4 heterocycles. The van der Waals surface area contributed by atoms with Crippen LogP contribution in [0.4, 0.5) is 4.39 Å². The first-order chi connectivity index (χ1) is 15.5. The molecular weight excluding hydrogens is 411 g/mol. The van der Waals surface area contributed by atoms with Crippen LogP contribution in [-0.4, -0.2) is 55.4 Å². The van der Waals surface area contributed by atoms with E-state index in [0.29, 0.717) is 41.6 Å². The van der Waals surface area contributed by atoms with E-state index in [1.807, 2.05) is 23.2 Å². The second kappa shape index (κ2) is 8.07. The van der Waals surface area contributed by atoms with E-state index in [2.05, 4.69) is 5.10 Å². The molecule has 0 saturated carbocycles. The Kier molecular flexibility index (Phi) is 5.08. The van der Waals surface area contributed by atoms with Gasteiger partial charge in [0, 0.05) is 49.6 Å². The summed E-state index contributed by atoms with van der Waals surface area (Å²) in [6.45, 7) is 1.27. The molecule has 1 aliphatic heterocycles. The summed E-state index contributed by atoms with van der Waals surface area (Å²) in [4.78, 5) is 19.4. The Bertz CT molecular complexity index is 1300. The molecule has 32 heavy (non-hydrogen) atoms. The summed E-state index contributed by atoms with van der Waals surface area (Å²) in [6, 6.07) is 9.90. The van der Waals surface area contributed by atoms with Gasteiger partial charge in [0.05, 0.1) is 7.11 Å². The minimum Gasteiger partial charge on any atom is -0.496 e. The number of carbonyl (C=O) groups is 1. The number of hydrogen-bond donors (Lipinski definition) is 0. The van der Waals surface area contributed by atoms with Gasteiger partial charge < -0.3 is 9.64 Å². The molecule has 1 saturated heterocycles. The lowest BCUT2D eigenvalue weighted by molar-refractivity contribution is 0.0693. The minimum absolute atomic E-state index is 0.0288. The third-order valence-electron chi connectivity index (χ3n) is 5.93. The third kappa shape index (κ3) is 3.59. The fourth-order valence-corrected chi connectivity index (χ4v) is 4.26. The molecule has 1 aromatic carbocycles. The topological polar surface area (TPSA) is 77.5 Å². The van der Waals surface area contributed by atoms with Crippen LogP contribution >= 0.6 is 0 Å². The summed E-state index contributed by atoms with van der Waals surface area (Å²) in [7, 11) is 3.33. The molecule has 8 nitrogen and oxygen atoms in total. The van der Waals surface area contributed by atoms with Crippen molar-refractivity contribution in [2.45, 2.75) is 18.8 Å². The molecular formula is C23H23FN6O2. The number of rotatable bonds is 4. The van der Waals surface area contributed by atoms with Crippen LogP contribution in [0, 0.1) is 5.82 Å². The highest BCUT2D eigenvalue weighted by Gasteiger charge is 2.29. The fraction of sp³-hybridized carbons (Fsp3) is 0.304. The van der Waals surface area contributed by atoms with E-state index in [9.17, 15) is 9.18 Å². The maximum absolute atomic E-state index is 13.8. The van der Waals surface area contributed by atoms with Gasteiger partial charge in [0.2, 0.25) is 0 Å². The van der Waals surface area contributed by atoms with Gasteiger partial charge in [-0.1, -0.05) is 0 Å². The van der Waals surface area contributed by atoms with Gasteiger partial charge in [0.25, 0.3) is 5.91 Å². The Hall–Kier alpha value is -3.75. The van der Waals surface area contributed by atoms with E-state index in [-0.39, 0.29) is 17.6 Å². The molecule has 1 aliphatic rings. The molecule has 0 bridgehead atoms. The van der Waals surface area contributed by atoms with Crippen molar-refractivity contribution < 1.29 is 13.9 Å². The Morgan fingerprint density at radius 2 is 2.09 bits per heavy atom. The molecule has 4 aromatic rings. The molecule has 1 amide bonds. The van der Waals surface area contributed by atoms with Gasteiger partial charge in [-0.25, -0.2) is 13.9 Å². The number of ether oxygens (including phenoxy) is 1. The number of aromatic nitrogens is 5. The number of fused-ring (bicyclic) bond motifs is 1. The number of carbonyl (C=O) groups excluding carboxylic acids is 1. The number of benzene rings is 1. The summed E-state index contributed by atoms with van der Waals surface area (Å²) in [6.07, 6.45) is 5.25. The van der Waals surface area contributed by atoms with Crippen molar-refractivity contribution in [1.82, 2.24) is 29.3 Å². The summed E-state index contributed by atoms with van der Waals surface area (Å²) in [5, 5.41) is 8.79. The van der Waals surface area contributed by atoms with E-state index in [0.717, 1.165) is 18.4 Å². The van der Waals surface area contributed by atoms with Crippen LogP contribution < -0.4 is 4.74 Å². The van der Waals surface area contributed by atoms with Gasteiger partial charge in [-0.3, -0.25) is 9.48 Å². The van der Waals surface area contributed by atoms with Crippen LogP contribution in [0.2, 0.25) is 0 Å². The van der Waals surface area contributed by atoms with Gasteiger partial charge in [-0.2, -0.15) is 10.2 Å². The molecule has 0 unspecified atom stereocenters. The van der Waals surface area contributed by atoms with Crippen molar-refractivity contribution in [3.8, 4) is 16.9 Å². The molecule has 0 radical (unpaired) electrons. The standard InChI is InChI=1S/C23H23FN6O2/c1-28-19(9-10-25-28)23(31)29-11-3-4-16(13-29)22-26-21-8-5-15(14-30(21)27-22)18-12-17(24)6-7-20(18)32-2/h5-10,12,14,16H,3-4,11,13H2,1-2H3/t16-/m0/s1. The number of amides is 1. The number of aryl methyl sites for hydroxylation is 1. The normalized spacial score (nSPS) is 16.5. The van der Waals surface area contributed by atoms with Gasteiger partial charge >= 0.3 is 0 Å². The molecule has 164 valence electrons. The Labute approximate surface area is 184 Å². The lowest BCUT2D eigenvalue weighted by Crippen LogP contribution is -2.40. The predicted molar refractivity (Wildman–Crippen MR) is 116 cm³/mol. The second-order valence-corrected chi connectivity index (χ2v) is 7.97. The van der Waals surface area contributed by atoms with Gasteiger partial charge in [0.1, 0.15) is 17.3 Å². The average Bonchev–Trinajstić information content (AvgIpc) is 3.44. The predicted octanol–water partition coefficient (Wildman–Crippen LogP) is 3.30. The van der Waals surface area contributed by atoms with E-state index in [1.54, 1.807) is 41.7 Å². The summed E-state index contributed by atoms with van der Waals surface area (Å²) < 4.78 is 22.5. The zero-order valence-electron chi connectivity index (χ0n) is 17.9. The molecule has 0 N–H and O–H groups in total. The first-order valence-corrected chi connectivity index (χ1v) is 10.5. The quantitative estimate of drug-likeness (QED) is 0.493. The summed E-state index contributed by atoms with van der Waals surface area (Å²) in [5.41, 5.74) is 2.70. The van der Waals surface area contributed by atoms with Crippen LogP contribution in [0.25, 0.3) is 16.8 Å². The smallest absolute Gasteiger partial charge is 0.272 e. The van der Waals surface area contributed by atoms with Crippen LogP contribution in [0.3, 0.4) is 0 Å². The van der Waals surface area contributed by atoms with Crippen LogP contribution in [0.1, 0.15) is 35.1 Å². The van der Waals surface area contributed by atoms with E-state index >= 15 is 0 Å². The van der Waals surface area contributed by atoms with Crippen molar-refractivity contribution in [3.05, 3.63) is 66.1 Å². The number of nitrogens with zero attached hydrogens (tertiary/aromatic N) is 6. The Morgan fingerprint density at radius 1 is 1.22 bits per heavy atom. The highest BCUT2D eigenvalue weighted by molar-refractivity contribution is 5.92. The van der Waals surface area contributed by atoms with Crippen molar-refractivity contribution in [2.24, 2.45) is 7.05 Å². The summed E-state index contributed by atoms with van der Waals surface area (Å²) in [5.74, 6) is 0.978. The number of hydrogen-bond acceptors (Lipinski definition) is 5. The number of methoxy groups -OCH3 is 1. The highest BCUT2D eigenvalue weighted by atomic mass is 19.1. The molecule has 0 spiro atoms. The van der Waals surface area contributed by atoms with Crippen molar-refractivity contribution in [2.75, 3.05) is 20.2 Å². The van der Waals surface area contributed by atoms with Crippen molar-refractivity contribution in [3.63, 3.8) is 0 Å². The molecule has 1 atom stereocenters. The maximum atomic E-state index is 13.8. The zero-order chi connectivity index (χ0) is 22.2. The van der Waals surface area contributed by atoms with Crippen molar-refractivity contribution in [1.29, 1.82) is 0 Å². The van der Waals surface area contributed by atoms with E-state index < -0.39 is 0 Å². The largest absolute Gasteiger partial charge is 0.496 e. The Morgan fingerprint density at radius 3 is 2.88 bits per heavy atom. The van der Waals surface area contributed by atoms with Crippen LogP contribution in [0.15, 0.2) is 48.8 Å². The van der Waals surface area contributed by atoms with Crippen LogP contribution in [0.5, 0.6) is 5.75 Å². The van der Waals surface area contributed by atoms with Crippen molar-refractivity contribution >= 4 is 11.6 Å². The van der Waals surface area contributed by atoms with Gasteiger partial charge in [-0.05, 0) is 49.2 Å². The van der Waals surface area contributed by atoms with E-state index in [4.69, 9.17) is 14.8 Å². The molecule has 3 aromatic heterocycles. The highest BCUT2D eigenvalue weighted by Crippen LogP contribution is 2.31.